The number of nitrogen functional groups attached to an aromatic ring is 1. The number of nitrogens with two attached hydrogens (primary N) is 1. The summed E-state index contributed by atoms with van der Waals surface area (Å²) >= 11 is 0. The molecule has 194 valence electrons. The van der Waals surface area contributed by atoms with E-state index < -0.39 is 0 Å². The SMILES string of the molecule is CC(C)CCCC(C)C1CCC2C3C=CC4CC(Oc5ccc(N)cc5)CCC4(C)C3CCC12C. The van der Waals surface area contributed by atoms with Gasteiger partial charge in [-0.15, -0.1) is 0 Å². The van der Waals surface area contributed by atoms with Crippen LogP contribution in [0.4, 0.5) is 5.69 Å². The van der Waals surface area contributed by atoms with Gasteiger partial charge in [-0.25, -0.2) is 0 Å². The van der Waals surface area contributed by atoms with Gasteiger partial charge in [0, 0.05) is 5.69 Å². The summed E-state index contributed by atoms with van der Waals surface area (Å²) in [6.45, 7) is 12.7. The van der Waals surface area contributed by atoms with E-state index in [2.05, 4.69) is 46.8 Å². The van der Waals surface area contributed by atoms with Gasteiger partial charge in [-0.05, 0) is 121 Å². The smallest absolute Gasteiger partial charge is 0.119 e. The van der Waals surface area contributed by atoms with Gasteiger partial charge in [-0.1, -0.05) is 66.0 Å². The molecule has 0 saturated heterocycles. The minimum absolute atomic E-state index is 0.328. The van der Waals surface area contributed by atoms with Crippen LogP contribution in [0.2, 0.25) is 0 Å². The Morgan fingerprint density at radius 3 is 2.34 bits per heavy atom. The summed E-state index contributed by atoms with van der Waals surface area (Å²) in [5, 5.41) is 0. The van der Waals surface area contributed by atoms with Crippen LogP contribution in [0.25, 0.3) is 0 Å². The minimum atomic E-state index is 0.328. The van der Waals surface area contributed by atoms with Crippen molar-refractivity contribution in [2.75, 3.05) is 5.73 Å². The summed E-state index contributed by atoms with van der Waals surface area (Å²) in [5.74, 6) is 6.86. The zero-order valence-corrected chi connectivity index (χ0v) is 23.1. The fraction of sp³-hybridized carbons (Fsp3) is 0.758. The van der Waals surface area contributed by atoms with Gasteiger partial charge >= 0.3 is 0 Å². The number of anilines is 1. The lowest BCUT2D eigenvalue weighted by molar-refractivity contribution is -0.0783. The standard InChI is InChI=1S/C33H51NO/c1-22(2)7-6-8-23(3)29-15-16-30-28-14-9-24-21-27(35-26-12-10-25(34)11-13-26)17-19-32(24,4)31(28)18-20-33(29,30)5/h9-14,22-24,27-31H,6-8,15-21,34H2,1-5H3. The minimum Gasteiger partial charge on any atom is -0.490 e. The maximum atomic E-state index is 6.42. The van der Waals surface area contributed by atoms with Crippen molar-refractivity contribution in [2.45, 2.75) is 105 Å². The zero-order chi connectivity index (χ0) is 24.8. The Kier molecular flexibility index (Phi) is 7.05. The van der Waals surface area contributed by atoms with E-state index in [1.807, 2.05) is 24.3 Å². The fourth-order valence-corrected chi connectivity index (χ4v) is 9.45. The summed E-state index contributed by atoms with van der Waals surface area (Å²) in [6.07, 6.45) is 19.4. The van der Waals surface area contributed by atoms with Crippen molar-refractivity contribution >= 4 is 5.69 Å². The number of ether oxygens (including phenoxy) is 1. The summed E-state index contributed by atoms with van der Waals surface area (Å²) < 4.78 is 6.42. The maximum Gasteiger partial charge on any atom is 0.119 e. The van der Waals surface area contributed by atoms with Gasteiger partial charge in [0.1, 0.15) is 5.75 Å². The van der Waals surface area contributed by atoms with Gasteiger partial charge in [0.25, 0.3) is 0 Å². The molecule has 3 fully saturated rings. The Labute approximate surface area is 215 Å². The lowest BCUT2D eigenvalue weighted by Crippen LogP contribution is -2.52. The van der Waals surface area contributed by atoms with Crippen molar-refractivity contribution in [3.05, 3.63) is 36.4 Å². The van der Waals surface area contributed by atoms with Crippen LogP contribution in [0.5, 0.6) is 5.75 Å². The highest BCUT2D eigenvalue weighted by Gasteiger charge is 2.59. The average molecular weight is 478 g/mol. The predicted molar refractivity (Wildman–Crippen MR) is 148 cm³/mol. The number of fused-ring (bicyclic) bond motifs is 5. The zero-order valence-electron chi connectivity index (χ0n) is 23.1. The van der Waals surface area contributed by atoms with E-state index in [1.54, 1.807) is 0 Å². The molecule has 35 heavy (non-hydrogen) atoms. The normalized spacial score (nSPS) is 41.2. The molecule has 0 bridgehead atoms. The number of rotatable bonds is 7. The van der Waals surface area contributed by atoms with E-state index >= 15 is 0 Å². The van der Waals surface area contributed by atoms with Crippen molar-refractivity contribution in [3.63, 3.8) is 0 Å². The Balaban J connectivity index is 1.26. The highest BCUT2D eigenvalue weighted by molar-refractivity contribution is 5.41. The number of allylic oxidation sites excluding steroid dienone is 2. The topological polar surface area (TPSA) is 35.2 Å². The number of hydrogen-bond donors (Lipinski definition) is 1. The van der Waals surface area contributed by atoms with Crippen LogP contribution in [0.3, 0.4) is 0 Å². The third-order valence-electron chi connectivity index (χ3n) is 11.5. The molecule has 1 aromatic rings. The van der Waals surface area contributed by atoms with Crippen molar-refractivity contribution in [1.29, 1.82) is 0 Å². The second kappa shape index (κ2) is 9.79. The number of hydrogen-bond acceptors (Lipinski definition) is 2. The van der Waals surface area contributed by atoms with Crippen LogP contribution in [0.15, 0.2) is 36.4 Å². The van der Waals surface area contributed by atoms with E-state index in [0.29, 0.717) is 22.9 Å². The Bertz CT molecular complexity index is 889. The van der Waals surface area contributed by atoms with Gasteiger partial charge in [0.15, 0.2) is 0 Å². The van der Waals surface area contributed by atoms with Crippen molar-refractivity contribution in [3.8, 4) is 5.75 Å². The van der Waals surface area contributed by atoms with E-state index in [4.69, 9.17) is 10.5 Å². The monoisotopic (exact) mass is 477 g/mol. The molecule has 2 N–H and O–H groups in total. The molecule has 0 aliphatic heterocycles. The largest absolute Gasteiger partial charge is 0.490 e. The van der Waals surface area contributed by atoms with Crippen molar-refractivity contribution in [1.82, 2.24) is 0 Å². The first-order valence-electron chi connectivity index (χ1n) is 14.9. The van der Waals surface area contributed by atoms with Crippen molar-refractivity contribution < 1.29 is 4.74 Å². The Morgan fingerprint density at radius 1 is 0.886 bits per heavy atom. The molecule has 4 aliphatic carbocycles. The summed E-state index contributed by atoms with van der Waals surface area (Å²) in [6, 6.07) is 7.95. The molecule has 0 amide bonds. The fourth-order valence-electron chi connectivity index (χ4n) is 9.45. The molecule has 9 unspecified atom stereocenters. The third-order valence-corrected chi connectivity index (χ3v) is 11.5. The van der Waals surface area contributed by atoms with Crippen LogP contribution < -0.4 is 10.5 Å². The van der Waals surface area contributed by atoms with Crippen LogP contribution in [-0.2, 0) is 0 Å². The molecule has 3 saturated carbocycles. The Morgan fingerprint density at radius 2 is 1.60 bits per heavy atom. The van der Waals surface area contributed by atoms with Gasteiger partial charge in [0.05, 0.1) is 6.10 Å². The van der Waals surface area contributed by atoms with Crippen LogP contribution in [0, 0.1) is 52.3 Å². The van der Waals surface area contributed by atoms with Gasteiger partial charge < -0.3 is 10.5 Å². The van der Waals surface area contributed by atoms with Crippen LogP contribution >= 0.6 is 0 Å². The first-order chi connectivity index (χ1) is 16.7. The highest BCUT2D eigenvalue weighted by Crippen LogP contribution is 2.67. The molecule has 1 aromatic carbocycles. The molecule has 0 aromatic heterocycles. The molecule has 0 radical (unpaired) electrons. The van der Waals surface area contributed by atoms with Crippen LogP contribution in [-0.4, -0.2) is 6.10 Å². The molecule has 4 aliphatic rings. The van der Waals surface area contributed by atoms with Crippen LogP contribution in [0.1, 0.15) is 98.8 Å². The van der Waals surface area contributed by atoms with E-state index in [9.17, 15) is 0 Å². The van der Waals surface area contributed by atoms with Crippen molar-refractivity contribution in [2.24, 2.45) is 52.3 Å². The summed E-state index contributed by atoms with van der Waals surface area (Å²) in [4.78, 5) is 0. The molecule has 2 nitrogen and oxygen atoms in total. The van der Waals surface area contributed by atoms with E-state index in [1.165, 1.54) is 57.8 Å². The molecule has 2 heteroatoms. The molecule has 9 atom stereocenters. The van der Waals surface area contributed by atoms with E-state index in [0.717, 1.165) is 53.4 Å². The quantitative estimate of drug-likeness (QED) is 0.314. The summed E-state index contributed by atoms with van der Waals surface area (Å²) in [7, 11) is 0. The predicted octanol–water partition coefficient (Wildman–Crippen LogP) is 8.91. The molecular formula is C33H51NO. The molecule has 0 heterocycles. The van der Waals surface area contributed by atoms with E-state index in [-0.39, 0.29) is 0 Å². The third kappa shape index (κ3) is 4.69. The molecule has 5 rings (SSSR count). The lowest BCUT2D eigenvalue weighted by atomic mass is 9.46. The van der Waals surface area contributed by atoms with Gasteiger partial charge in [-0.3, -0.25) is 0 Å². The molecular weight excluding hydrogens is 426 g/mol. The Hall–Kier alpha value is -1.44. The lowest BCUT2D eigenvalue weighted by Gasteiger charge is -2.59. The number of benzene rings is 1. The highest BCUT2D eigenvalue weighted by atomic mass is 16.5. The van der Waals surface area contributed by atoms with Gasteiger partial charge in [0.2, 0.25) is 0 Å². The average Bonchev–Trinajstić information content (AvgIpc) is 3.18. The first-order valence-corrected chi connectivity index (χ1v) is 14.9. The summed E-state index contributed by atoms with van der Waals surface area (Å²) in [5.41, 5.74) is 7.67. The maximum absolute atomic E-state index is 6.42. The van der Waals surface area contributed by atoms with Gasteiger partial charge in [-0.2, -0.15) is 0 Å². The molecule has 0 spiro atoms. The first kappa shape index (κ1) is 25.2. The second-order valence-corrected chi connectivity index (χ2v) is 13.9. The second-order valence-electron chi connectivity index (χ2n) is 13.9.